The van der Waals surface area contributed by atoms with E-state index in [1.807, 2.05) is 19.1 Å². The van der Waals surface area contributed by atoms with Crippen molar-refractivity contribution in [3.8, 4) is 5.75 Å². The third-order valence-corrected chi connectivity index (χ3v) is 4.44. The van der Waals surface area contributed by atoms with Gasteiger partial charge < -0.3 is 4.74 Å². The van der Waals surface area contributed by atoms with Gasteiger partial charge >= 0.3 is 0 Å². The second kappa shape index (κ2) is 5.53. The Labute approximate surface area is 139 Å². The largest absolute Gasteiger partial charge is 0.485 e. The van der Waals surface area contributed by atoms with Gasteiger partial charge in [0.25, 0.3) is 5.91 Å². The molecule has 2 heterocycles. The third kappa shape index (κ3) is 2.79. The highest BCUT2D eigenvalue weighted by atomic mass is 35.5. The average molecular weight is 333 g/mol. The minimum absolute atomic E-state index is 0.132. The Kier molecular flexibility index (Phi) is 3.49. The molecule has 0 bridgehead atoms. The van der Waals surface area contributed by atoms with Gasteiger partial charge in [-0.2, -0.15) is 0 Å². The lowest BCUT2D eigenvalue weighted by Gasteiger charge is -2.33. The number of rotatable bonds is 3. The third-order valence-electron chi connectivity index (χ3n) is 4.14. The van der Waals surface area contributed by atoms with E-state index in [9.17, 15) is 4.79 Å². The molecule has 0 saturated heterocycles. The molecule has 1 atom stereocenters. The summed E-state index contributed by atoms with van der Waals surface area (Å²) in [5.74, 6) is 1.06. The molecule has 0 unspecified atom stereocenters. The fraction of sp³-hybridized carbons (Fsp3) is 0.438. The summed E-state index contributed by atoms with van der Waals surface area (Å²) in [4.78, 5) is 14.5. The molecule has 0 radical (unpaired) electrons. The number of benzene rings is 1. The van der Waals surface area contributed by atoms with E-state index in [-0.39, 0.29) is 12.0 Å². The molecule has 1 aromatic carbocycles. The Morgan fingerprint density at radius 1 is 1.43 bits per heavy atom. The monoisotopic (exact) mass is 332 g/mol. The van der Waals surface area contributed by atoms with Crippen molar-refractivity contribution in [1.82, 2.24) is 15.0 Å². The normalized spacial score (nSPS) is 20.1. The van der Waals surface area contributed by atoms with E-state index in [4.69, 9.17) is 16.3 Å². The van der Waals surface area contributed by atoms with Crippen LogP contribution in [0.5, 0.6) is 5.75 Å². The zero-order valence-corrected chi connectivity index (χ0v) is 13.5. The SMILES string of the molecule is C[C@@H]1CN(C(=O)c2cn(CC3CC3)nn2)c2cccc(Cl)c2O1. The molecule has 6 nitrogen and oxygen atoms in total. The topological polar surface area (TPSA) is 60.2 Å². The molecule has 1 aromatic heterocycles. The van der Waals surface area contributed by atoms with Crippen molar-refractivity contribution in [2.24, 2.45) is 5.92 Å². The molecular formula is C16H17ClN4O2. The van der Waals surface area contributed by atoms with Gasteiger partial charge in [0.1, 0.15) is 6.10 Å². The first-order valence-electron chi connectivity index (χ1n) is 7.79. The van der Waals surface area contributed by atoms with Gasteiger partial charge in [0, 0.05) is 6.54 Å². The molecule has 1 fully saturated rings. The van der Waals surface area contributed by atoms with Crippen molar-refractivity contribution in [3.63, 3.8) is 0 Å². The number of fused-ring (bicyclic) bond motifs is 1. The van der Waals surface area contributed by atoms with E-state index < -0.39 is 0 Å². The molecule has 0 N–H and O–H groups in total. The zero-order chi connectivity index (χ0) is 16.0. The number of amides is 1. The molecule has 120 valence electrons. The molecule has 1 aliphatic carbocycles. The van der Waals surface area contributed by atoms with Crippen LogP contribution < -0.4 is 9.64 Å². The molecule has 23 heavy (non-hydrogen) atoms. The highest BCUT2D eigenvalue weighted by Gasteiger charge is 2.31. The molecule has 2 aromatic rings. The number of aromatic nitrogens is 3. The summed E-state index contributed by atoms with van der Waals surface area (Å²) in [5.41, 5.74) is 1.03. The summed E-state index contributed by atoms with van der Waals surface area (Å²) >= 11 is 6.20. The number of carbonyl (C=O) groups is 1. The molecule has 1 amide bonds. The van der Waals surface area contributed by atoms with Gasteiger partial charge in [0.05, 0.1) is 23.5 Å². The lowest BCUT2D eigenvalue weighted by Crippen LogP contribution is -2.42. The Hall–Kier alpha value is -2.08. The van der Waals surface area contributed by atoms with Crippen LogP contribution in [0.3, 0.4) is 0 Å². The van der Waals surface area contributed by atoms with Gasteiger partial charge in [-0.1, -0.05) is 22.9 Å². The average Bonchev–Trinajstić information content (AvgIpc) is 3.22. The quantitative estimate of drug-likeness (QED) is 0.867. The van der Waals surface area contributed by atoms with E-state index in [1.165, 1.54) is 12.8 Å². The number of carbonyl (C=O) groups excluding carboxylic acids is 1. The first kappa shape index (κ1) is 14.5. The minimum atomic E-state index is -0.175. The van der Waals surface area contributed by atoms with E-state index in [0.29, 0.717) is 34.6 Å². The van der Waals surface area contributed by atoms with Crippen molar-refractivity contribution >= 4 is 23.2 Å². The molecule has 4 rings (SSSR count). The predicted molar refractivity (Wildman–Crippen MR) is 86.0 cm³/mol. The van der Waals surface area contributed by atoms with Crippen molar-refractivity contribution in [2.45, 2.75) is 32.4 Å². The number of halogens is 1. The van der Waals surface area contributed by atoms with Crippen LogP contribution in [0.25, 0.3) is 0 Å². The van der Waals surface area contributed by atoms with Crippen LogP contribution in [0.4, 0.5) is 5.69 Å². The maximum atomic E-state index is 12.8. The van der Waals surface area contributed by atoms with Crippen LogP contribution in [0.15, 0.2) is 24.4 Å². The second-order valence-corrected chi connectivity index (χ2v) is 6.61. The molecule has 2 aliphatic rings. The molecule has 0 spiro atoms. The summed E-state index contributed by atoms with van der Waals surface area (Å²) in [6.07, 6.45) is 4.06. The number of ether oxygens (including phenoxy) is 1. The predicted octanol–water partition coefficient (Wildman–Crippen LogP) is 2.77. The summed E-state index contributed by atoms with van der Waals surface area (Å²) in [6.45, 7) is 3.21. The number of nitrogens with zero attached hydrogens (tertiary/aromatic N) is 4. The number of anilines is 1. The fourth-order valence-electron chi connectivity index (χ4n) is 2.80. The van der Waals surface area contributed by atoms with Crippen molar-refractivity contribution in [2.75, 3.05) is 11.4 Å². The van der Waals surface area contributed by atoms with Gasteiger partial charge in [-0.05, 0) is 37.8 Å². The Bertz CT molecular complexity index is 756. The molecule has 1 aliphatic heterocycles. The lowest BCUT2D eigenvalue weighted by molar-refractivity contribution is 0.0956. The van der Waals surface area contributed by atoms with Crippen molar-refractivity contribution < 1.29 is 9.53 Å². The van der Waals surface area contributed by atoms with Crippen LogP contribution in [0.2, 0.25) is 5.02 Å². The standard InChI is InChI=1S/C16H17ClN4O2/c1-10-7-21(14-4-2-3-12(17)15(14)23-10)16(22)13-9-20(19-18-13)8-11-5-6-11/h2-4,9-11H,5-8H2,1H3/t10-/m1/s1. The second-order valence-electron chi connectivity index (χ2n) is 6.20. The van der Waals surface area contributed by atoms with Crippen molar-refractivity contribution in [3.05, 3.63) is 35.1 Å². The summed E-state index contributed by atoms with van der Waals surface area (Å²) < 4.78 is 7.54. The van der Waals surface area contributed by atoms with Gasteiger partial charge in [-0.25, -0.2) is 0 Å². The molecule has 1 saturated carbocycles. The minimum Gasteiger partial charge on any atom is -0.485 e. The van der Waals surface area contributed by atoms with Gasteiger partial charge in [0.2, 0.25) is 0 Å². The Balaban J connectivity index is 1.63. The summed E-state index contributed by atoms with van der Waals surface area (Å²) in [6, 6.07) is 5.40. The fourth-order valence-corrected chi connectivity index (χ4v) is 3.02. The highest BCUT2D eigenvalue weighted by Crippen LogP contribution is 2.39. The van der Waals surface area contributed by atoms with E-state index >= 15 is 0 Å². The van der Waals surface area contributed by atoms with Gasteiger partial charge in [-0.15, -0.1) is 5.10 Å². The Morgan fingerprint density at radius 2 is 2.26 bits per heavy atom. The summed E-state index contributed by atoms with van der Waals surface area (Å²) in [7, 11) is 0. The van der Waals surface area contributed by atoms with Crippen LogP contribution in [-0.2, 0) is 6.54 Å². The first-order chi connectivity index (χ1) is 11.1. The molecular weight excluding hydrogens is 316 g/mol. The lowest BCUT2D eigenvalue weighted by atomic mass is 10.2. The van der Waals surface area contributed by atoms with Crippen LogP contribution in [0.1, 0.15) is 30.3 Å². The van der Waals surface area contributed by atoms with Gasteiger partial charge in [-0.3, -0.25) is 14.4 Å². The van der Waals surface area contributed by atoms with Crippen molar-refractivity contribution in [1.29, 1.82) is 0 Å². The summed E-state index contributed by atoms with van der Waals surface area (Å²) in [5, 5.41) is 8.61. The van der Waals surface area contributed by atoms with E-state index in [1.54, 1.807) is 21.8 Å². The number of para-hydroxylation sites is 1. The van der Waals surface area contributed by atoms with Crippen LogP contribution >= 0.6 is 11.6 Å². The maximum Gasteiger partial charge on any atom is 0.280 e. The number of hydrogen-bond acceptors (Lipinski definition) is 4. The maximum absolute atomic E-state index is 12.8. The zero-order valence-electron chi connectivity index (χ0n) is 12.8. The molecule has 7 heteroatoms. The van der Waals surface area contributed by atoms with E-state index in [0.717, 1.165) is 6.54 Å². The first-order valence-corrected chi connectivity index (χ1v) is 8.17. The number of hydrogen-bond donors (Lipinski definition) is 0. The van der Waals surface area contributed by atoms with Gasteiger partial charge in [0.15, 0.2) is 11.4 Å². The van der Waals surface area contributed by atoms with Crippen LogP contribution in [0, 0.1) is 5.92 Å². The van der Waals surface area contributed by atoms with E-state index in [2.05, 4.69) is 10.3 Å². The van der Waals surface area contributed by atoms with Crippen LogP contribution in [-0.4, -0.2) is 33.5 Å². The smallest absolute Gasteiger partial charge is 0.280 e. The Morgan fingerprint density at radius 3 is 3.04 bits per heavy atom. The highest BCUT2D eigenvalue weighted by molar-refractivity contribution is 6.32.